The molecule has 2 rings (SSSR count). The Hall–Kier alpha value is -2.50. The summed E-state index contributed by atoms with van der Waals surface area (Å²) < 4.78 is 5.14. The number of nitrogens with zero attached hydrogens (tertiary/aromatic N) is 2. The van der Waals surface area contributed by atoms with Gasteiger partial charge in [-0.15, -0.1) is 0 Å². The van der Waals surface area contributed by atoms with E-state index < -0.39 is 5.97 Å². The van der Waals surface area contributed by atoms with E-state index in [9.17, 15) is 4.79 Å². The molecule has 2 aromatic heterocycles. The van der Waals surface area contributed by atoms with Gasteiger partial charge in [-0.1, -0.05) is 0 Å². The molecule has 0 atom stereocenters. The summed E-state index contributed by atoms with van der Waals surface area (Å²) in [6, 6.07) is 5.30. The Balaban J connectivity index is 1.96. The number of hydrogen-bond donors (Lipinski definition) is 2. The minimum atomic E-state index is -0.994. The maximum absolute atomic E-state index is 10.7. The molecule has 0 aromatic carbocycles. The fourth-order valence-electron chi connectivity index (χ4n) is 1.53. The topological polar surface area (TPSA) is 78.6 Å². The molecule has 0 fully saturated rings. The van der Waals surface area contributed by atoms with Crippen LogP contribution in [0.4, 0.5) is 11.5 Å². The second kappa shape index (κ2) is 5.43. The molecule has 19 heavy (non-hydrogen) atoms. The van der Waals surface area contributed by atoms with Crippen LogP contribution in [0.2, 0.25) is 0 Å². The fraction of sp³-hybridized carbons (Fsp3) is 0.231. The molecule has 0 aliphatic rings. The molecule has 2 heterocycles. The summed E-state index contributed by atoms with van der Waals surface area (Å²) >= 11 is 0. The molecule has 0 bridgehead atoms. The SMILES string of the molecule is CN(C)c1ccc(NCc2cc(C(=O)O)co2)cn1. The van der Waals surface area contributed by atoms with Gasteiger partial charge in [0, 0.05) is 14.1 Å². The van der Waals surface area contributed by atoms with Crippen molar-refractivity contribution in [3.63, 3.8) is 0 Å². The molecule has 0 saturated carbocycles. The number of aromatic carboxylic acids is 1. The normalized spacial score (nSPS) is 10.2. The van der Waals surface area contributed by atoms with Crippen LogP contribution in [0.15, 0.2) is 35.1 Å². The number of carbonyl (C=O) groups is 1. The van der Waals surface area contributed by atoms with E-state index in [0.717, 1.165) is 11.5 Å². The molecule has 0 aliphatic heterocycles. The first-order valence-electron chi connectivity index (χ1n) is 5.74. The minimum Gasteiger partial charge on any atom is -0.478 e. The number of anilines is 2. The van der Waals surface area contributed by atoms with Crippen LogP contribution in [-0.4, -0.2) is 30.2 Å². The van der Waals surface area contributed by atoms with Gasteiger partial charge in [0.25, 0.3) is 0 Å². The number of rotatable bonds is 5. The highest BCUT2D eigenvalue weighted by atomic mass is 16.4. The van der Waals surface area contributed by atoms with Crippen LogP contribution in [0.3, 0.4) is 0 Å². The zero-order valence-electron chi connectivity index (χ0n) is 10.8. The molecule has 2 aromatic rings. The first kappa shape index (κ1) is 12.9. The van der Waals surface area contributed by atoms with Crippen LogP contribution in [0.5, 0.6) is 0 Å². The van der Waals surface area contributed by atoms with E-state index in [0.29, 0.717) is 12.3 Å². The van der Waals surface area contributed by atoms with Crippen LogP contribution in [0, 0.1) is 0 Å². The Morgan fingerprint density at radius 2 is 2.26 bits per heavy atom. The van der Waals surface area contributed by atoms with Crippen LogP contribution in [-0.2, 0) is 6.54 Å². The van der Waals surface area contributed by atoms with Gasteiger partial charge in [0.1, 0.15) is 17.8 Å². The number of nitrogens with one attached hydrogen (secondary N) is 1. The van der Waals surface area contributed by atoms with Gasteiger partial charge in [-0.05, 0) is 18.2 Å². The number of aromatic nitrogens is 1. The highest BCUT2D eigenvalue weighted by Gasteiger charge is 2.07. The third-order valence-electron chi connectivity index (χ3n) is 2.57. The summed E-state index contributed by atoms with van der Waals surface area (Å²) in [7, 11) is 3.84. The van der Waals surface area contributed by atoms with Crippen molar-refractivity contribution in [2.24, 2.45) is 0 Å². The van der Waals surface area contributed by atoms with Gasteiger partial charge in [-0.3, -0.25) is 0 Å². The molecular weight excluding hydrogens is 246 g/mol. The Morgan fingerprint density at radius 3 is 2.79 bits per heavy atom. The number of hydrogen-bond acceptors (Lipinski definition) is 5. The van der Waals surface area contributed by atoms with Crippen LogP contribution in [0.1, 0.15) is 16.1 Å². The van der Waals surface area contributed by atoms with Gasteiger partial charge in [-0.2, -0.15) is 0 Å². The summed E-state index contributed by atoms with van der Waals surface area (Å²) in [4.78, 5) is 16.9. The molecule has 0 unspecified atom stereocenters. The largest absolute Gasteiger partial charge is 0.478 e. The van der Waals surface area contributed by atoms with Gasteiger partial charge in [0.2, 0.25) is 0 Å². The summed E-state index contributed by atoms with van der Waals surface area (Å²) in [5, 5.41) is 11.9. The van der Waals surface area contributed by atoms with E-state index in [1.54, 1.807) is 6.20 Å². The second-order valence-electron chi connectivity index (χ2n) is 4.26. The summed E-state index contributed by atoms with van der Waals surface area (Å²) in [5.41, 5.74) is 0.997. The van der Waals surface area contributed by atoms with E-state index in [4.69, 9.17) is 9.52 Å². The number of furan rings is 1. The van der Waals surface area contributed by atoms with Crippen molar-refractivity contribution in [3.8, 4) is 0 Å². The van der Waals surface area contributed by atoms with Crippen molar-refractivity contribution < 1.29 is 14.3 Å². The van der Waals surface area contributed by atoms with Gasteiger partial charge >= 0.3 is 5.97 Å². The highest BCUT2D eigenvalue weighted by molar-refractivity contribution is 5.87. The van der Waals surface area contributed by atoms with Crippen molar-refractivity contribution in [2.75, 3.05) is 24.3 Å². The monoisotopic (exact) mass is 261 g/mol. The predicted molar refractivity (Wildman–Crippen MR) is 71.6 cm³/mol. The molecule has 100 valence electrons. The third kappa shape index (κ3) is 3.25. The average molecular weight is 261 g/mol. The first-order valence-corrected chi connectivity index (χ1v) is 5.74. The molecule has 0 saturated heterocycles. The lowest BCUT2D eigenvalue weighted by Crippen LogP contribution is -2.10. The Bertz CT molecular complexity index is 561. The summed E-state index contributed by atoms with van der Waals surface area (Å²) in [5.74, 6) is 0.442. The molecule has 0 radical (unpaired) electrons. The van der Waals surface area contributed by atoms with Crippen LogP contribution >= 0.6 is 0 Å². The first-order chi connectivity index (χ1) is 9.06. The lowest BCUT2D eigenvalue weighted by molar-refractivity contribution is 0.0696. The van der Waals surface area contributed by atoms with E-state index in [-0.39, 0.29) is 5.56 Å². The summed E-state index contributed by atoms with van der Waals surface area (Å²) in [6.07, 6.45) is 2.95. The molecule has 0 spiro atoms. The second-order valence-corrected chi connectivity index (χ2v) is 4.26. The molecular formula is C13H15N3O3. The minimum absolute atomic E-state index is 0.151. The highest BCUT2D eigenvalue weighted by Crippen LogP contribution is 2.14. The Labute approximate surface area is 110 Å². The zero-order chi connectivity index (χ0) is 13.8. The van der Waals surface area contributed by atoms with Gasteiger partial charge in [0.15, 0.2) is 0 Å². The number of carboxylic acid groups (broad SMARTS) is 1. The van der Waals surface area contributed by atoms with Crippen molar-refractivity contribution in [1.29, 1.82) is 0 Å². The molecule has 0 aliphatic carbocycles. The standard InChI is InChI=1S/C13H15N3O3/c1-16(2)12-4-3-10(6-15-12)14-7-11-5-9(8-19-11)13(17)18/h3-6,8,14H,7H2,1-2H3,(H,17,18). The smallest absolute Gasteiger partial charge is 0.338 e. The predicted octanol–water partition coefficient (Wildman–Crippen LogP) is 2.05. The third-order valence-corrected chi connectivity index (χ3v) is 2.57. The van der Waals surface area contributed by atoms with E-state index in [1.165, 1.54) is 12.3 Å². The maximum Gasteiger partial charge on any atom is 0.338 e. The van der Waals surface area contributed by atoms with E-state index in [1.807, 2.05) is 31.1 Å². The van der Waals surface area contributed by atoms with Gasteiger partial charge in [-0.25, -0.2) is 9.78 Å². The maximum atomic E-state index is 10.7. The molecule has 0 amide bonds. The number of carboxylic acids is 1. The summed E-state index contributed by atoms with van der Waals surface area (Å²) in [6.45, 7) is 0.413. The Morgan fingerprint density at radius 1 is 1.47 bits per heavy atom. The lowest BCUT2D eigenvalue weighted by atomic mass is 10.3. The van der Waals surface area contributed by atoms with Crippen molar-refractivity contribution in [3.05, 3.63) is 42.0 Å². The van der Waals surface area contributed by atoms with Crippen LogP contribution < -0.4 is 10.2 Å². The number of pyridine rings is 1. The Kier molecular flexibility index (Phi) is 3.70. The zero-order valence-corrected chi connectivity index (χ0v) is 10.8. The van der Waals surface area contributed by atoms with Crippen molar-refractivity contribution in [1.82, 2.24) is 4.98 Å². The molecule has 6 nitrogen and oxygen atoms in total. The quantitative estimate of drug-likeness (QED) is 0.857. The van der Waals surface area contributed by atoms with E-state index in [2.05, 4.69) is 10.3 Å². The average Bonchev–Trinajstić information content (AvgIpc) is 2.86. The molecule has 2 N–H and O–H groups in total. The van der Waals surface area contributed by atoms with Crippen molar-refractivity contribution >= 4 is 17.5 Å². The fourth-order valence-corrected chi connectivity index (χ4v) is 1.53. The molecule has 6 heteroatoms. The van der Waals surface area contributed by atoms with Gasteiger partial charge in [0.05, 0.1) is 24.0 Å². The van der Waals surface area contributed by atoms with Gasteiger partial charge < -0.3 is 19.7 Å². The van der Waals surface area contributed by atoms with E-state index >= 15 is 0 Å². The van der Waals surface area contributed by atoms with Crippen LogP contribution in [0.25, 0.3) is 0 Å². The lowest BCUT2D eigenvalue weighted by Gasteiger charge is -2.11. The van der Waals surface area contributed by atoms with Crippen molar-refractivity contribution in [2.45, 2.75) is 6.54 Å².